The molecule has 0 N–H and O–H groups in total. The zero-order valence-corrected chi connectivity index (χ0v) is 16.3. The molecule has 154 valence electrons. The standard InChI is InChI=1S/C23H24F2O4/c1-2-27-22-15-16(8-14-21(22)28-18-5-3-4-6-18)7-13-20(26)17-9-11-19(12-10-17)29-23(24)25/h7-15,18,23H,2-6H2,1H3/b13-7+. The number of carbonyl (C=O) groups excluding carboxylic acids is 1. The summed E-state index contributed by atoms with van der Waals surface area (Å²) in [4.78, 5) is 12.3. The third kappa shape index (κ3) is 6.04. The molecule has 1 saturated carbocycles. The molecule has 4 nitrogen and oxygen atoms in total. The van der Waals surface area contributed by atoms with Gasteiger partial charge in [-0.1, -0.05) is 12.1 Å². The van der Waals surface area contributed by atoms with Gasteiger partial charge in [0.05, 0.1) is 12.7 Å². The maximum Gasteiger partial charge on any atom is 0.387 e. The molecule has 29 heavy (non-hydrogen) atoms. The van der Waals surface area contributed by atoms with Gasteiger partial charge < -0.3 is 14.2 Å². The van der Waals surface area contributed by atoms with E-state index in [1.54, 1.807) is 6.08 Å². The monoisotopic (exact) mass is 402 g/mol. The number of rotatable bonds is 9. The molecule has 0 heterocycles. The van der Waals surface area contributed by atoms with Gasteiger partial charge in [-0.2, -0.15) is 8.78 Å². The Labute approximate surface area is 169 Å². The Morgan fingerprint density at radius 1 is 1.10 bits per heavy atom. The second-order valence-electron chi connectivity index (χ2n) is 6.76. The van der Waals surface area contributed by atoms with Crippen LogP contribution in [0.4, 0.5) is 8.78 Å². The maximum atomic E-state index is 12.3. The lowest BCUT2D eigenvalue weighted by Gasteiger charge is -2.17. The van der Waals surface area contributed by atoms with E-state index in [0.29, 0.717) is 17.9 Å². The summed E-state index contributed by atoms with van der Waals surface area (Å²) in [6.45, 7) is -0.468. The number of hydrogen-bond donors (Lipinski definition) is 0. The highest BCUT2D eigenvalue weighted by molar-refractivity contribution is 6.06. The maximum absolute atomic E-state index is 12.3. The molecule has 1 aliphatic rings. The van der Waals surface area contributed by atoms with E-state index in [9.17, 15) is 13.6 Å². The topological polar surface area (TPSA) is 44.8 Å². The number of ether oxygens (including phenoxy) is 3. The summed E-state index contributed by atoms with van der Waals surface area (Å²) in [5.41, 5.74) is 1.19. The van der Waals surface area contributed by atoms with E-state index in [2.05, 4.69) is 4.74 Å². The third-order valence-corrected chi connectivity index (χ3v) is 4.65. The minimum atomic E-state index is -2.89. The number of hydrogen-bond acceptors (Lipinski definition) is 4. The number of halogens is 2. The Hall–Kier alpha value is -2.89. The van der Waals surface area contributed by atoms with Crippen molar-refractivity contribution in [3.63, 3.8) is 0 Å². The zero-order valence-electron chi connectivity index (χ0n) is 16.3. The molecule has 1 fully saturated rings. The molecule has 0 aliphatic heterocycles. The Balaban J connectivity index is 1.68. The van der Waals surface area contributed by atoms with Gasteiger partial charge in [0.2, 0.25) is 0 Å². The molecule has 0 bridgehead atoms. The average molecular weight is 402 g/mol. The van der Waals surface area contributed by atoms with Gasteiger partial charge >= 0.3 is 6.61 Å². The summed E-state index contributed by atoms with van der Waals surface area (Å²) in [6, 6.07) is 11.2. The third-order valence-electron chi connectivity index (χ3n) is 4.65. The van der Waals surface area contributed by atoms with Crippen molar-refractivity contribution in [3.8, 4) is 17.2 Å². The molecule has 6 heteroatoms. The summed E-state index contributed by atoms with van der Waals surface area (Å²) in [6.07, 6.45) is 7.85. The fraction of sp³-hybridized carbons (Fsp3) is 0.348. The number of ketones is 1. The first kappa shape index (κ1) is 20.8. The van der Waals surface area contributed by atoms with Crippen LogP contribution in [-0.2, 0) is 0 Å². The van der Waals surface area contributed by atoms with Crippen molar-refractivity contribution in [2.24, 2.45) is 0 Å². The summed E-state index contributed by atoms with van der Waals surface area (Å²) in [5.74, 6) is 1.15. The van der Waals surface area contributed by atoms with Gasteiger partial charge in [0.25, 0.3) is 0 Å². The lowest BCUT2D eigenvalue weighted by molar-refractivity contribution is -0.0498. The van der Waals surface area contributed by atoms with Gasteiger partial charge in [0.15, 0.2) is 17.3 Å². The van der Waals surface area contributed by atoms with Gasteiger partial charge in [0, 0.05) is 5.56 Å². The van der Waals surface area contributed by atoms with E-state index >= 15 is 0 Å². The molecule has 1 aliphatic carbocycles. The minimum absolute atomic E-state index is 0.0136. The van der Waals surface area contributed by atoms with Crippen molar-refractivity contribution in [2.45, 2.75) is 45.3 Å². The van der Waals surface area contributed by atoms with Gasteiger partial charge in [-0.15, -0.1) is 0 Å². The van der Waals surface area contributed by atoms with Crippen molar-refractivity contribution in [1.82, 2.24) is 0 Å². The fourth-order valence-electron chi connectivity index (χ4n) is 3.25. The Morgan fingerprint density at radius 3 is 2.48 bits per heavy atom. The Morgan fingerprint density at radius 2 is 1.83 bits per heavy atom. The molecule has 3 rings (SSSR count). The summed E-state index contributed by atoms with van der Waals surface area (Å²) < 4.78 is 40.5. The van der Waals surface area contributed by atoms with Crippen LogP contribution >= 0.6 is 0 Å². The Kier molecular flexibility index (Phi) is 7.22. The van der Waals surface area contributed by atoms with E-state index in [1.807, 2.05) is 25.1 Å². The molecule has 0 radical (unpaired) electrons. The van der Waals surface area contributed by atoms with Crippen LogP contribution in [0.15, 0.2) is 48.5 Å². The van der Waals surface area contributed by atoms with E-state index in [1.165, 1.54) is 43.2 Å². The van der Waals surface area contributed by atoms with Crippen LogP contribution in [0, 0.1) is 0 Å². The number of carbonyl (C=O) groups is 1. The van der Waals surface area contributed by atoms with E-state index < -0.39 is 6.61 Å². The van der Waals surface area contributed by atoms with Crippen LogP contribution in [0.25, 0.3) is 6.08 Å². The molecule has 0 aromatic heterocycles. The molecule has 0 atom stereocenters. The van der Waals surface area contributed by atoms with E-state index in [-0.39, 0.29) is 17.6 Å². The molecule has 2 aromatic rings. The highest BCUT2D eigenvalue weighted by Gasteiger charge is 2.18. The molecular weight excluding hydrogens is 378 g/mol. The van der Waals surface area contributed by atoms with Crippen LogP contribution in [-0.4, -0.2) is 25.1 Å². The second kappa shape index (κ2) is 10.0. The number of allylic oxidation sites excluding steroid dienone is 1. The van der Waals surface area contributed by atoms with Crippen LogP contribution in [0.5, 0.6) is 17.2 Å². The second-order valence-corrected chi connectivity index (χ2v) is 6.76. The van der Waals surface area contributed by atoms with Crippen molar-refractivity contribution in [3.05, 3.63) is 59.7 Å². The molecule has 2 aromatic carbocycles. The smallest absolute Gasteiger partial charge is 0.387 e. The molecule has 0 saturated heterocycles. The first-order valence-corrected chi connectivity index (χ1v) is 9.76. The van der Waals surface area contributed by atoms with Crippen LogP contribution in [0.1, 0.15) is 48.5 Å². The van der Waals surface area contributed by atoms with Gasteiger partial charge in [-0.25, -0.2) is 0 Å². The van der Waals surface area contributed by atoms with Crippen LogP contribution in [0.2, 0.25) is 0 Å². The first-order chi connectivity index (χ1) is 14.0. The first-order valence-electron chi connectivity index (χ1n) is 9.76. The fourth-order valence-corrected chi connectivity index (χ4v) is 3.25. The highest BCUT2D eigenvalue weighted by Crippen LogP contribution is 2.33. The van der Waals surface area contributed by atoms with Gasteiger partial charge in [-0.3, -0.25) is 4.79 Å². The van der Waals surface area contributed by atoms with Crippen molar-refractivity contribution in [2.75, 3.05) is 6.61 Å². The number of benzene rings is 2. The molecular formula is C23H24F2O4. The molecule has 0 amide bonds. The molecule has 0 unspecified atom stereocenters. The minimum Gasteiger partial charge on any atom is -0.490 e. The lowest BCUT2D eigenvalue weighted by Crippen LogP contribution is -2.11. The zero-order chi connectivity index (χ0) is 20.6. The predicted molar refractivity (Wildman–Crippen MR) is 107 cm³/mol. The van der Waals surface area contributed by atoms with Crippen LogP contribution in [0.3, 0.4) is 0 Å². The summed E-state index contributed by atoms with van der Waals surface area (Å²) >= 11 is 0. The van der Waals surface area contributed by atoms with Crippen molar-refractivity contribution < 1.29 is 27.8 Å². The summed E-state index contributed by atoms with van der Waals surface area (Å²) in [7, 11) is 0. The quantitative estimate of drug-likeness (QED) is 0.387. The van der Waals surface area contributed by atoms with Gasteiger partial charge in [0.1, 0.15) is 5.75 Å². The van der Waals surface area contributed by atoms with Crippen LogP contribution < -0.4 is 14.2 Å². The summed E-state index contributed by atoms with van der Waals surface area (Å²) in [5, 5.41) is 0. The largest absolute Gasteiger partial charge is 0.490 e. The van der Waals surface area contributed by atoms with Gasteiger partial charge in [-0.05, 0) is 80.6 Å². The normalized spacial score (nSPS) is 14.5. The van der Waals surface area contributed by atoms with Crippen molar-refractivity contribution in [1.29, 1.82) is 0 Å². The molecule has 0 spiro atoms. The van der Waals surface area contributed by atoms with E-state index in [0.717, 1.165) is 24.2 Å². The van der Waals surface area contributed by atoms with E-state index in [4.69, 9.17) is 9.47 Å². The Bertz CT molecular complexity index is 840. The van der Waals surface area contributed by atoms with Crippen molar-refractivity contribution >= 4 is 11.9 Å². The predicted octanol–water partition coefficient (Wildman–Crippen LogP) is 5.90. The average Bonchev–Trinajstić information content (AvgIpc) is 3.21. The highest BCUT2D eigenvalue weighted by atomic mass is 19.3. The lowest BCUT2D eigenvalue weighted by atomic mass is 10.1. The SMILES string of the molecule is CCOc1cc(/C=C/C(=O)c2ccc(OC(F)F)cc2)ccc1OC1CCCC1. The number of alkyl halides is 2.